The van der Waals surface area contributed by atoms with Crippen molar-refractivity contribution in [2.24, 2.45) is 5.73 Å². The maximum atomic E-state index is 11.4. The van der Waals surface area contributed by atoms with Crippen LogP contribution < -0.4 is 5.73 Å². The van der Waals surface area contributed by atoms with Gasteiger partial charge in [0.25, 0.3) is 10.1 Å². The Morgan fingerprint density at radius 2 is 1.87 bits per heavy atom. The van der Waals surface area contributed by atoms with Crippen molar-refractivity contribution in [1.29, 1.82) is 0 Å². The minimum atomic E-state index is -3.82. The number of rotatable bonds is 5. The van der Waals surface area contributed by atoms with Gasteiger partial charge < -0.3 is 10.5 Å². The monoisotopic (exact) mass is 229 g/mol. The number of benzene rings is 1. The summed E-state index contributed by atoms with van der Waals surface area (Å²) in [7, 11) is -3.82. The van der Waals surface area contributed by atoms with Gasteiger partial charge in [-0.1, -0.05) is 12.1 Å². The van der Waals surface area contributed by atoms with E-state index in [9.17, 15) is 13.2 Å². The molecule has 0 bridgehead atoms. The highest BCUT2D eigenvalue weighted by Gasteiger charge is 2.13. The van der Waals surface area contributed by atoms with Crippen molar-refractivity contribution >= 4 is 16.4 Å². The third-order valence-electron chi connectivity index (χ3n) is 1.74. The van der Waals surface area contributed by atoms with Gasteiger partial charge in [-0.2, -0.15) is 8.42 Å². The second-order valence-corrected chi connectivity index (χ2v) is 4.37. The molecule has 0 atom stereocenters. The Balaban J connectivity index is 2.90. The van der Waals surface area contributed by atoms with Crippen LogP contribution in [0.15, 0.2) is 29.2 Å². The number of carbonyl (C=O) groups excluding carboxylic acids is 1. The first-order valence-electron chi connectivity index (χ1n) is 4.22. The molecular weight excluding hydrogens is 218 g/mol. The van der Waals surface area contributed by atoms with Crippen LogP contribution in [0.1, 0.15) is 5.56 Å². The Morgan fingerprint density at radius 3 is 2.33 bits per heavy atom. The van der Waals surface area contributed by atoms with E-state index in [-0.39, 0.29) is 4.90 Å². The summed E-state index contributed by atoms with van der Waals surface area (Å²) in [6, 6.07) is 5.97. The summed E-state index contributed by atoms with van der Waals surface area (Å²) in [6.07, 6.45) is 0.381. The normalized spacial score (nSPS) is 11.3. The van der Waals surface area contributed by atoms with Gasteiger partial charge in [-0.05, 0) is 17.7 Å². The molecule has 1 aromatic rings. The van der Waals surface area contributed by atoms with Crippen molar-refractivity contribution in [3.8, 4) is 0 Å². The van der Waals surface area contributed by atoms with Crippen LogP contribution in [0.4, 0.5) is 0 Å². The molecule has 2 N–H and O–H groups in total. The van der Waals surface area contributed by atoms with E-state index in [0.29, 0.717) is 12.8 Å². The Labute approximate surface area is 88.0 Å². The molecule has 0 aliphatic heterocycles. The summed E-state index contributed by atoms with van der Waals surface area (Å²) in [4.78, 5) is 9.99. The quantitative estimate of drug-likeness (QED) is 0.569. The van der Waals surface area contributed by atoms with Crippen molar-refractivity contribution < 1.29 is 17.4 Å². The van der Waals surface area contributed by atoms with Gasteiger partial charge in [0, 0.05) is 6.54 Å². The zero-order valence-electron chi connectivity index (χ0n) is 7.92. The van der Waals surface area contributed by atoms with Gasteiger partial charge in [-0.25, -0.2) is 0 Å². The molecule has 0 saturated carbocycles. The second kappa shape index (κ2) is 5.01. The van der Waals surface area contributed by atoms with Crippen LogP contribution in [0.2, 0.25) is 0 Å². The van der Waals surface area contributed by atoms with E-state index >= 15 is 0 Å². The Hall–Kier alpha value is -1.24. The summed E-state index contributed by atoms with van der Waals surface area (Å²) in [6.45, 7) is -0.128. The van der Waals surface area contributed by atoms with E-state index in [2.05, 4.69) is 4.18 Å². The molecule has 0 fully saturated rings. The van der Waals surface area contributed by atoms with Crippen molar-refractivity contribution in [3.05, 3.63) is 29.8 Å². The number of nitrogens with two attached hydrogens (primary N) is 1. The highest BCUT2D eigenvalue weighted by Crippen LogP contribution is 2.12. The summed E-state index contributed by atoms with van der Waals surface area (Å²) in [5.41, 5.74) is 6.19. The molecule has 0 saturated heterocycles. The lowest BCUT2D eigenvalue weighted by Gasteiger charge is -2.03. The Bertz CT molecular complexity index is 424. The smallest absolute Gasteiger partial charge is 0.297 e. The molecule has 5 nitrogen and oxygen atoms in total. The van der Waals surface area contributed by atoms with Crippen molar-refractivity contribution in [2.45, 2.75) is 11.4 Å². The molecule has 0 aliphatic carbocycles. The van der Waals surface area contributed by atoms with Crippen LogP contribution in [0, 0.1) is 0 Å². The second-order valence-electron chi connectivity index (χ2n) is 2.75. The minimum Gasteiger partial charge on any atom is -0.326 e. The van der Waals surface area contributed by atoms with Gasteiger partial charge in [0.05, 0.1) is 4.90 Å². The zero-order valence-corrected chi connectivity index (χ0v) is 8.74. The maximum Gasteiger partial charge on any atom is 0.297 e. The average Bonchev–Trinajstić information content (AvgIpc) is 2.26. The summed E-state index contributed by atoms with van der Waals surface area (Å²) in [5, 5.41) is 0. The zero-order chi connectivity index (χ0) is 11.3. The van der Waals surface area contributed by atoms with Crippen LogP contribution in [0.3, 0.4) is 0 Å². The summed E-state index contributed by atoms with van der Waals surface area (Å²) >= 11 is 0. The van der Waals surface area contributed by atoms with Crippen molar-refractivity contribution in [1.82, 2.24) is 0 Å². The molecule has 0 heterocycles. The van der Waals surface area contributed by atoms with Gasteiger partial charge in [0.15, 0.2) is 0 Å². The first kappa shape index (κ1) is 11.8. The fourth-order valence-electron chi connectivity index (χ4n) is 0.978. The van der Waals surface area contributed by atoms with E-state index in [4.69, 9.17) is 5.73 Å². The highest BCUT2D eigenvalue weighted by atomic mass is 32.2. The first-order valence-corrected chi connectivity index (χ1v) is 5.63. The topological polar surface area (TPSA) is 86.5 Å². The largest absolute Gasteiger partial charge is 0.326 e. The van der Waals surface area contributed by atoms with E-state index in [1.807, 2.05) is 0 Å². The number of hydrogen-bond donors (Lipinski definition) is 1. The van der Waals surface area contributed by atoms with E-state index < -0.39 is 16.7 Å². The number of hydrogen-bond acceptors (Lipinski definition) is 5. The van der Waals surface area contributed by atoms with Crippen LogP contribution >= 0.6 is 0 Å². The number of carbonyl (C=O) groups is 1. The third kappa shape index (κ3) is 3.12. The Kier molecular flexibility index (Phi) is 3.96. The molecule has 15 heavy (non-hydrogen) atoms. The molecule has 0 amide bonds. The Morgan fingerprint density at radius 1 is 1.27 bits per heavy atom. The predicted octanol–water partition coefficient (Wildman–Crippen LogP) is 0.0495. The molecule has 0 aliphatic rings. The lowest BCUT2D eigenvalue weighted by molar-refractivity contribution is -0.109. The van der Waals surface area contributed by atoms with Gasteiger partial charge in [-0.15, -0.1) is 0 Å². The molecule has 82 valence electrons. The van der Waals surface area contributed by atoms with E-state index in [0.717, 1.165) is 5.56 Å². The van der Waals surface area contributed by atoms with Crippen LogP contribution in [0.25, 0.3) is 0 Å². The molecular formula is C9H11NO4S. The highest BCUT2D eigenvalue weighted by molar-refractivity contribution is 7.86. The molecule has 1 aromatic carbocycles. The van der Waals surface area contributed by atoms with Gasteiger partial charge in [0.2, 0.25) is 0 Å². The van der Waals surface area contributed by atoms with Gasteiger partial charge in [-0.3, -0.25) is 4.18 Å². The average molecular weight is 229 g/mol. The van der Waals surface area contributed by atoms with Crippen LogP contribution in [0.5, 0.6) is 0 Å². The fourth-order valence-corrected chi connectivity index (χ4v) is 1.82. The summed E-state index contributed by atoms with van der Waals surface area (Å²) < 4.78 is 27.2. The molecule has 1 rings (SSSR count). The summed E-state index contributed by atoms with van der Waals surface area (Å²) in [5.74, 6) is 0. The molecule has 6 heteroatoms. The lowest BCUT2D eigenvalue weighted by Crippen LogP contribution is -2.08. The third-order valence-corrected chi connectivity index (χ3v) is 3.03. The fraction of sp³-hybridized carbons (Fsp3) is 0.222. The van der Waals surface area contributed by atoms with E-state index in [1.54, 1.807) is 12.1 Å². The first-order chi connectivity index (χ1) is 7.10. The minimum absolute atomic E-state index is 0.0153. The lowest BCUT2D eigenvalue weighted by atomic mass is 10.2. The van der Waals surface area contributed by atoms with Gasteiger partial charge in [0.1, 0.15) is 12.9 Å². The van der Waals surface area contributed by atoms with Crippen LogP contribution in [-0.2, 0) is 25.6 Å². The SMILES string of the molecule is NCc1ccc(S(=O)(=O)OCC=O)cc1. The predicted molar refractivity (Wildman–Crippen MR) is 53.5 cm³/mol. The van der Waals surface area contributed by atoms with E-state index in [1.165, 1.54) is 12.1 Å². The standard InChI is InChI=1S/C9H11NO4S/c10-7-8-1-3-9(4-2-8)15(12,13)14-6-5-11/h1-5H,6-7,10H2. The molecule has 0 spiro atoms. The number of aldehydes is 1. The van der Waals surface area contributed by atoms with Crippen molar-refractivity contribution in [3.63, 3.8) is 0 Å². The van der Waals surface area contributed by atoms with Crippen LogP contribution in [-0.4, -0.2) is 21.3 Å². The molecule has 0 aromatic heterocycles. The molecule has 0 unspecified atom stereocenters. The maximum absolute atomic E-state index is 11.4. The molecule has 0 radical (unpaired) electrons. The van der Waals surface area contributed by atoms with Crippen molar-refractivity contribution in [2.75, 3.05) is 6.61 Å². The van der Waals surface area contributed by atoms with Gasteiger partial charge >= 0.3 is 0 Å².